The quantitative estimate of drug-likeness (QED) is 0.497. The first kappa shape index (κ1) is 21.2. The number of hydrogen-bond acceptors (Lipinski definition) is 1. The minimum Gasteiger partial charge on any atom is -0.353 e. The molecule has 0 radical (unpaired) electrons. The number of carbonyl (C=O) groups excluding carboxylic acids is 1. The van der Waals surface area contributed by atoms with Crippen LogP contribution in [0.3, 0.4) is 0 Å². The van der Waals surface area contributed by atoms with Crippen LogP contribution < -0.4 is 5.32 Å². The fourth-order valence-electron chi connectivity index (χ4n) is 3.68. The van der Waals surface area contributed by atoms with E-state index in [-0.39, 0.29) is 16.7 Å². The summed E-state index contributed by atoms with van der Waals surface area (Å²) in [6, 6.07) is 6.96. The largest absolute Gasteiger partial charge is 0.353 e. The molecule has 1 N–H and O–H groups in total. The summed E-state index contributed by atoms with van der Waals surface area (Å²) in [5.74, 6) is -0.0505. The van der Waals surface area contributed by atoms with Crippen molar-refractivity contribution in [2.75, 3.05) is 6.54 Å². The maximum atomic E-state index is 11.5. The Kier molecular flexibility index (Phi) is 6.51. The van der Waals surface area contributed by atoms with Gasteiger partial charge in [0, 0.05) is 12.6 Å². The van der Waals surface area contributed by atoms with Gasteiger partial charge in [-0.2, -0.15) is 0 Å². The van der Waals surface area contributed by atoms with E-state index >= 15 is 0 Å². The van der Waals surface area contributed by atoms with Crippen LogP contribution in [0.1, 0.15) is 78.0 Å². The zero-order chi connectivity index (χ0) is 20.2. The molecule has 0 saturated carbocycles. The summed E-state index contributed by atoms with van der Waals surface area (Å²) in [7, 11) is 0. The highest BCUT2D eigenvalue weighted by Crippen LogP contribution is 2.46. The molecule has 0 fully saturated rings. The molecule has 1 aromatic rings. The zero-order valence-electron chi connectivity index (χ0n) is 18.1. The molecule has 2 rings (SSSR count). The minimum atomic E-state index is -0.0505. The number of hydrogen-bond donors (Lipinski definition) is 1. The van der Waals surface area contributed by atoms with Crippen molar-refractivity contribution in [3.05, 3.63) is 64.8 Å². The molecule has 0 heterocycles. The van der Waals surface area contributed by atoms with Crippen LogP contribution >= 0.6 is 0 Å². The summed E-state index contributed by atoms with van der Waals surface area (Å²) >= 11 is 0. The first-order valence-corrected chi connectivity index (χ1v) is 10.0. The molecule has 27 heavy (non-hydrogen) atoms. The number of allylic oxidation sites excluding steroid dienone is 5. The Bertz CT molecular complexity index is 791. The van der Waals surface area contributed by atoms with Crippen molar-refractivity contribution in [2.45, 2.75) is 72.1 Å². The first-order chi connectivity index (χ1) is 12.6. The van der Waals surface area contributed by atoms with Crippen molar-refractivity contribution in [3.8, 4) is 0 Å². The average Bonchev–Trinajstić information content (AvgIpc) is 2.62. The number of carbonyl (C=O) groups is 1. The molecular weight excluding hydrogens is 330 g/mol. The van der Waals surface area contributed by atoms with E-state index < -0.39 is 0 Å². The monoisotopic (exact) mass is 365 g/mol. The minimum absolute atomic E-state index is 0.0505. The van der Waals surface area contributed by atoms with Gasteiger partial charge in [-0.1, -0.05) is 69.7 Å². The van der Waals surface area contributed by atoms with E-state index in [4.69, 9.17) is 0 Å². The van der Waals surface area contributed by atoms with Gasteiger partial charge in [0.15, 0.2) is 0 Å². The molecule has 0 saturated heterocycles. The van der Waals surface area contributed by atoms with Crippen molar-refractivity contribution in [1.29, 1.82) is 0 Å². The molecule has 0 spiro atoms. The second-order valence-corrected chi connectivity index (χ2v) is 9.02. The topological polar surface area (TPSA) is 29.1 Å². The standard InChI is InChI=1S/C25H35NO/c1-8-26-23(27)14-10-18(2)9-11-19(3)20-12-13-21-22(17-20)25(6,7)16-15-24(21,4)5/h9-14,17H,8,15-16H2,1-7H3,(H,26,27)/b14-10+,18-9+,19-11-. The summed E-state index contributed by atoms with van der Waals surface area (Å²) in [5.41, 5.74) is 7.02. The van der Waals surface area contributed by atoms with Gasteiger partial charge in [-0.05, 0) is 66.7 Å². The average molecular weight is 366 g/mol. The number of rotatable bonds is 5. The van der Waals surface area contributed by atoms with Gasteiger partial charge in [0.1, 0.15) is 0 Å². The van der Waals surface area contributed by atoms with Crippen LogP contribution in [0.2, 0.25) is 0 Å². The molecule has 0 aliphatic heterocycles. The maximum Gasteiger partial charge on any atom is 0.243 e. The zero-order valence-corrected chi connectivity index (χ0v) is 18.1. The number of benzene rings is 1. The van der Waals surface area contributed by atoms with Gasteiger partial charge >= 0.3 is 0 Å². The van der Waals surface area contributed by atoms with Crippen LogP contribution in [-0.2, 0) is 15.6 Å². The Labute approximate surface area is 165 Å². The van der Waals surface area contributed by atoms with Gasteiger partial charge in [0.2, 0.25) is 5.91 Å². The van der Waals surface area contributed by atoms with Crippen molar-refractivity contribution in [2.24, 2.45) is 0 Å². The Morgan fingerprint density at radius 2 is 1.63 bits per heavy atom. The Balaban J connectivity index is 2.27. The third-order valence-electron chi connectivity index (χ3n) is 5.75. The molecule has 1 aliphatic rings. The molecule has 2 nitrogen and oxygen atoms in total. The van der Waals surface area contributed by atoms with E-state index in [1.165, 1.54) is 35.1 Å². The molecule has 0 atom stereocenters. The van der Waals surface area contributed by atoms with Gasteiger partial charge in [-0.25, -0.2) is 0 Å². The van der Waals surface area contributed by atoms with Gasteiger partial charge in [0.25, 0.3) is 0 Å². The molecule has 1 aliphatic carbocycles. The van der Waals surface area contributed by atoms with Gasteiger partial charge in [-0.15, -0.1) is 0 Å². The highest BCUT2D eigenvalue weighted by atomic mass is 16.1. The maximum absolute atomic E-state index is 11.5. The summed E-state index contributed by atoms with van der Waals surface area (Å²) in [5, 5.41) is 2.77. The normalized spacial score (nSPS) is 19.1. The third kappa shape index (κ3) is 5.22. The van der Waals surface area contributed by atoms with Gasteiger partial charge in [0.05, 0.1) is 0 Å². The van der Waals surface area contributed by atoms with Crippen LogP contribution in [0, 0.1) is 0 Å². The fourth-order valence-corrected chi connectivity index (χ4v) is 3.68. The molecule has 0 aromatic heterocycles. The molecule has 1 amide bonds. The third-order valence-corrected chi connectivity index (χ3v) is 5.75. The fraction of sp³-hybridized carbons (Fsp3) is 0.480. The summed E-state index contributed by atoms with van der Waals surface area (Å²) in [6.45, 7) is 16.2. The van der Waals surface area contributed by atoms with Crippen LogP contribution in [0.25, 0.3) is 5.57 Å². The SMILES string of the molecule is CCNC(=O)/C=C/C(C)=C/C=C(/C)c1ccc2c(c1)C(C)(C)CCC2(C)C. The number of fused-ring (bicyclic) bond motifs is 1. The van der Waals surface area contributed by atoms with E-state index in [0.717, 1.165) is 5.57 Å². The number of amides is 1. The first-order valence-electron chi connectivity index (χ1n) is 10.0. The Hall–Kier alpha value is -2.09. The molecule has 0 bridgehead atoms. The molecule has 0 unspecified atom stereocenters. The van der Waals surface area contributed by atoms with E-state index in [2.05, 4.69) is 70.3 Å². The van der Waals surface area contributed by atoms with Crippen molar-refractivity contribution in [3.63, 3.8) is 0 Å². The summed E-state index contributed by atoms with van der Waals surface area (Å²) < 4.78 is 0. The smallest absolute Gasteiger partial charge is 0.243 e. The highest BCUT2D eigenvalue weighted by molar-refractivity contribution is 5.87. The van der Waals surface area contributed by atoms with Crippen molar-refractivity contribution >= 4 is 11.5 Å². The van der Waals surface area contributed by atoms with Crippen LogP contribution in [0.5, 0.6) is 0 Å². The van der Waals surface area contributed by atoms with Crippen LogP contribution in [0.4, 0.5) is 0 Å². The lowest BCUT2D eigenvalue weighted by Crippen LogP contribution is -2.33. The molecule has 146 valence electrons. The molecular formula is C25H35NO. The van der Waals surface area contributed by atoms with Crippen LogP contribution in [0.15, 0.2) is 48.1 Å². The van der Waals surface area contributed by atoms with Crippen molar-refractivity contribution in [1.82, 2.24) is 5.32 Å². The van der Waals surface area contributed by atoms with Gasteiger partial charge < -0.3 is 5.32 Å². The van der Waals surface area contributed by atoms with Crippen molar-refractivity contribution < 1.29 is 4.79 Å². The Morgan fingerprint density at radius 3 is 2.26 bits per heavy atom. The molecule has 2 heteroatoms. The number of nitrogens with one attached hydrogen (secondary N) is 1. The Morgan fingerprint density at radius 1 is 1.00 bits per heavy atom. The summed E-state index contributed by atoms with van der Waals surface area (Å²) in [4.78, 5) is 11.5. The second kappa shape index (κ2) is 8.29. The van der Waals surface area contributed by atoms with E-state index in [1.807, 2.05) is 19.9 Å². The predicted octanol–water partition coefficient (Wildman–Crippen LogP) is 6.08. The lowest BCUT2D eigenvalue weighted by molar-refractivity contribution is -0.116. The second-order valence-electron chi connectivity index (χ2n) is 9.02. The number of likely N-dealkylation sites (N-methyl/N-ethyl adjacent to an activating group) is 1. The lowest BCUT2D eigenvalue weighted by Gasteiger charge is -2.42. The molecule has 1 aromatic carbocycles. The van der Waals surface area contributed by atoms with E-state index in [9.17, 15) is 4.79 Å². The van der Waals surface area contributed by atoms with E-state index in [1.54, 1.807) is 6.08 Å². The lowest BCUT2D eigenvalue weighted by atomic mass is 9.63. The highest BCUT2D eigenvalue weighted by Gasteiger charge is 2.36. The van der Waals surface area contributed by atoms with E-state index in [0.29, 0.717) is 6.54 Å². The predicted molar refractivity (Wildman–Crippen MR) is 117 cm³/mol. The van der Waals surface area contributed by atoms with Gasteiger partial charge in [-0.3, -0.25) is 4.79 Å². The van der Waals surface area contributed by atoms with Crippen LogP contribution in [-0.4, -0.2) is 12.5 Å². The summed E-state index contributed by atoms with van der Waals surface area (Å²) in [6.07, 6.45) is 10.1.